The van der Waals surface area contributed by atoms with Crippen molar-refractivity contribution in [3.8, 4) is 0 Å². The zero-order chi connectivity index (χ0) is 18.9. The first-order valence-electron chi connectivity index (χ1n) is 10.0. The normalized spacial score (nSPS) is 17.5. The van der Waals surface area contributed by atoms with Gasteiger partial charge in [0.05, 0.1) is 11.1 Å². The van der Waals surface area contributed by atoms with E-state index in [0.29, 0.717) is 5.36 Å². The van der Waals surface area contributed by atoms with Crippen LogP contribution in [0.4, 0.5) is 0 Å². The van der Waals surface area contributed by atoms with Gasteiger partial charge in [0.15, 0.2) is 5.58 Å². The van der Waals surface area contributed by atoms with Crippen molar-refractivity contribution in [2.45, 2.75) is 32.2 Å². The van der Waals surface area contributed by atoms with Crippen LogP contribution in [0.5, 0.6) is 0 Å². The lowest BCUT2D eigenvalue weighted by Crippen LogP contribution is -2.33. The largest absolute Gasteiger partial charge is 0.356 e. The third-order valence-electron chi connectivity index (χ3n) is 5.95. The Kier molecular flexibility index (Phi) is 4.53. The molecule has 1 saturated heterocycles. The number of fused-ring (bicyclic) bond motifs is 2. The number of carbonyl (C=O) groups is 1. The number of aryl methyl sites for hydroxylation is 1. The Balaban J connectivity index is 1.20. The molecule has 1 fully saturated rings. The Morgan fingerprint density at radius 1 is 1.11 bits per heavy atom. The molecule has 0 N–H and O–H groups in total. The van der Waals surface area contributed by atoms with Gasteiger partial charge in [-0.05, 0) is 56.3 Å². The van der Waals surface area contributed by atoms with Crippen LogP contribution in [-0.2, 0) is 17.8 Å². The van der Waals surface area contributed by atoms with Crippen LogP contribution in [0.2, 0.25) is 0 Å². The Labute approximate surface area is 163 Å². The Morgan fingerprint density at radius 3 is 2.75 bits per heavy atom. The van der Waals surface area contributed by atoms with E-state index in [1.165, 1.54) is 18.4 Å². The number of nitrogens with zero attached hydrogens (tertiary/aromatic N) is 3. The minimum atomic E-state index is -0.195. The van der Waals surface area contributed by atoms with E-state index in [1.54, 1.807) is 6.08 Å². The molecule has 5 heteroatoms. The van der Waals surface area contributed by atoms with Gasteiger partial charge in [-0.15, -0.1) is 0 Å². The number of likely N-dealkylation sites (tertiary alicyclic amines) is 1. The summed E-state index contributed by atoms with van der Waals surface area (Å²) in [5.41, 5.74) is 3.11. The fraction of sp³-hybridized carbons (Fsp3) is 0.348. The second kappa shape index (κ2) is 7.32. The third kappa shape index (κ3) is 3.50. The predicted molar refractivity (Wildman–Crippen MR) is 107 cm³/mol. The van der Waals surface area contributed by atoms with Gasteiger partial charge in [0.25, 0.3) is 5.91 Å². The fourth-order valence-corrected chi connectivity index (χ4v) is 4.33. The Hall–Kier alpha value is -2.79. The van der Waals surface area contributed by atoms with E-state index in [2.05, 4.69) is 45.4 Å². The van der Waals surface area contributed by atoms with Crippen LogP contribution < -0.4 is 10.6 Å². The minimum absolute atomic E-state index is 0.195. The molecule has 0 aliphatic carbocycles. The second-order valence-electron chi connectivity index (χ2n) is 7.87. The molecular formula is C23H23N3O2. The average molecular weight is 373 g/mol. The first kappa shape index (κ1) is 17.3. The van der Waals surface area contributed by atoms with Crippen molar-refractivity contribution in [1.29, 1.82) is 0 Å². The number of carbonyl (C=O) groups excluding carboxylic acids is 1. The van der Waals surface area contributed by atoms with Crippen LogP contribution in [0, 0.1) is 5.92 Å². The van der Waals surface area contributed by atoms with Crippen molar-refractivity contribution in [2.75, 3.05) is 13.1 Å². The van der Waals surface area contributed by atoms with E-state index in [4.69, 9.17) is 4.52 Å². The van der Waals surface area contributed by atoms with E-state index in [1.807, 2.05) is 12.1 Å². The molecule has 0 bridgehead atoms. The summed E-state index contributed by atoms with van der Waals surface area (Å²) < 4.78 is 5.49. The molecule has 0 unspecified atom stereocenters. The molecule has 0 atom stereocenters. The van der Waals surface area contributed by atoms with Gasteiger partial charge < -0.3 is 4.52 Å². The highest BCUT2D eigenvalue weighted by molar-refractivity contribution is 6.06. The summed E-state index contributed by atoms with van der Waals surface area (Å²) in [6, 6.07) is 14.5. The van der Waals surface area contributed by atoms with Gasteiger partial charge in [-0.1, -0.05) is 35.5 Å². The lowest BCUT2D eigenvalue weighted by molar-refractivity contribution is -0.112. The Bertz CT molecular complexity index is 1130. The molecule has 2 aliphatic heterocycles. The first-order valence-corrected chi connectivity index (χ1v) is 10.0. The van der Waals surface area contributed by atoms with E-state index in [-0.39, 0.29) is 5.91 Å². The van der Waals surface area contributed by atoms with Crippen LogP contribution in [-0.4, -0.2) is 29.1 Å². The van der Waals surface area contributed by atoms with E-state index in [9.17, 15) is 4.79 Å². The van der Waals surface area contributed by atoms with Crippen LogP contribution >= 0.6 is 0 Å². The number of benzene rings is 2. The molecular weight excluding hydrogens is 350 g/mol. The van der Waals surface area contributed by atoms with Crippen LogP contribution in [0.25, 0.3) is 17.0 Å². The molecule has 2 aliphatic rings. The summed E-state index contributed by atoms with van der Waals surface area (Å²) in [5, 5.41) is 6.86. The van der Waals surface area contributed by atoms with Gasteiger partial charge in [0.2, 0.25) is 0 Å². The number of hydrogen-bond donors (Lipinski definition) is 0. The average Bonchev–Trinajstić information content (AvgIpc) is 3.27. The summed E-state index contributed by atoms with van der Waals surface area (Å²) in [5.74, 6) is 0.538. The second-order valence-corrected chi connectivity index (χ2v) is 7.87. The predicted octanol–water partition coefficient (Wildman–Crippen LogP) is 2.61. The minimum Gasteiger partial charge on any atom is -0.356 e. The van der Waals surface area contributed by atoms with E-state index < -0.39 is 0 Å². The standard InChI is InChI=1S/C23H23N3O2/c27-23-13-18-12-19-20(25-28-22(19)14-21(18)24-23)7-6-16-8-10-26(11-9-16)15-17-4-2-1-3-5-17/h1-5,12-14,16H,6-11,15H2. The van der Waals surface area contributed by atoms with Crippen molar-refractivity contribution < 1.29 is 9.32 Å². The molecule has 5 rings (SSSR count). The fourth-order valence-electron chi connectivity index (χ4n) is 4.33. The summed E-state index contributed by atoms with van der Waals surface area (Å²) in [6.45, 7) is 3.36. The van der Waals surface area contributed by atoms with Gasteiger partial charge in [0, 0.05) is 29.3 Å². The van der Waals surface area contributed by atoms with Crippen LogP contribution in [0.3, 0.4) is 0 Å². The maximum atomic E-state index is 11.5. The smallest absolute Gasteiger partial charge is 0.270 e. The molecule has 1 aromatic heterocycles. The highest BCUT2D eigenvalue weighted by Gasteiger charge is 2.20. The molecule has 0 saturated carbocycles. The van der Waals surface area contributed by atoms with E-state index in [0.717, 1.165) is 60.3 Å². The zero-order valence-electron chi connectivity index (χ0n) is 15.8. The maximum Gasteiger partial charge on any atom is 0.270 e. The molecule has 1 amide bonds. The van der Waals surface area contributed by atoms with Crippen molar-refractivity contribution in [3.63, 3.8) is 0 Å². The van der Waals surface area contributed by atoms with Gasteiger partial charge >= 0.3 is 0 Å². The van der Waals surface area contributed by atoms with Crippen molar-refractivity contribution in [3.05, 3.63) is 64.3 Å². The number of rotatable bonds is 5. The number of amides is 1. The summed E-state index contributed by atoms with van der Waals surface area (Å²) >= 11 is 0. The van der Waals surface area contributed by atoms with Gasteiger partial charge in [-0.2, -0.15) is 0 Å². The first-order chi connectivity index (χ1) is 13.7. The Morgan fingerprint density at radius 2 is 1.93 bits per heavy atom. The summed E-state index contributed by atoms with van der Waals surface area (Å²) in [6.07, 6.45) is 6.09. The van der Waals surface area contributed by atoms with E-state index >= 15 is 0 Å². The summed E-state index contributed by atoms with van der Waals surface area (Å²) in [7, 11) is 0. The molecule has 0 radical (unpaired) electrons. The lowest BCUT2D eigenvalue weighted by Gasteiger charge is -2.31. The monoisotopic (exact) mass is 373 g/mol. The van der Waals surface area contributed by atoms with Crippen LogP contribution in [0.1, 0.15) is 30.5 Å². The lowest BCUT2D eigenvalue weighted by atomic mass is 9.91. The molecule has 5 nitrogen and oxygen atoms in total. The molecule has 3 heterocycles. The van der Waals surface area contributed by atoms with Crippen molar-refractivity contribution in [2.24, 2.45) is 10.9 Å². The molecule has 28 heavy (non-hydrogen) atoms. The number of hydrogen-bond acceptors (Lipinski definition) is 4. The molecule has 0 spiro atoms. The SMILES string of the molecule is O=C1C=c2cc3c(CCC4CCN(Cc5ccccc5)CC4)noc3cc2=N1. The zero-order valence-corrected chi connectivity index (χ0v) is 15.8. The highest BCUT2D eigenvalue weighted by Crippen LogP contribution is 2.25. The molecule has 142 valence electrons. The number of aromatic nitrogens is 1. The maximum absolute atomic E-state index is 11.5. The van der Waals surface area contributed by atoms with Gasteiger partial charge in [-0.25, -0.2) is 4.99 Å². The topological polar surface area (TPSA) is 58.7 Å². The van der Waals surface area contributed by atoms with Gasteiger partial charge in [0.1, 0.15) is 0 Å². The molecule has 3 aromatic rings. The number of piperidine rings is 1. The van der Waals surface area contributed by atoms with Gasteiger partial charge in [-0.3, -0.25) is 9.69 Å². The van der Waals surface area contributed by atoms with Crippen molar-refractivity contribution in [1.82, 2.24) is 10.1 Å². The van der Waals surface area contributed by atoms with Crippen molar-refractivity contribution >= 4 is 23.0 Å². The van der Waals surface area contributed by atoms with Crippen LogP contribution in [0.15, 0.2) is 52.0 Å². The molecule has 2 aromatic carbocycles. The highest BCUT2D eigenvalue weighted by atomic mass is 16.5. The third-order valence-corrected chi connectivity index (χ3v) is 5.95. The summed E-state index contributed by atoms with van der Waals surface area (Å²) in [4.78, 5) is 18.0. The quantitative estimate of drug-likeness (QED) is 0.690.